The van der Waals surface area contributed by atoms with E-state index in [9.17, 15) is 17.6 Å². The molecule has 3 aromatic rings. The fourth-order valence-electron chi connectivity index (χ4n) is 2.56. The predicted molar refractivity (Wildman–Crippen MR) is 108 cm³/mol. The number of amides is 1. The molecule has 1 N–H and O–H groups in total. The Labute approximate surface area is 173 Å². The maximum atomic E-state index is 13.6. The summed E-state index contributed by atoms with van der Waals surface area (Å²) in [7, 11) is -4.08. The van der Waals surface area contributed by atoms with Crippen LogP contribution >= 0.6 is 11.6 Å². The second-order valence-electron chi connectivity index (χ2n) is 6.06. The summed E-state index contributed by atoms with van der Waals surface area (Å²) in [6, 6.07) is 14.6. The molecule has 0 radical (unpaired) electrons. The molecule has 0 spiro atoms. The highest BCUT2D eigenvalue weighted by Gasteiger charge is 2.27. The maximum absolute atomic E-state index is 13.6. The van der Waals surface area contributed by atoms with Gasteiger partial charge in [0.15, 0.2) is 0 Å². The van der Waals surface area contributed by atoms with E-state index < -0.39 is 28.3 Å². The highest BCUT2D eigenvalue weighted by atomic mass is 35.5. The van der Waals surface area contributed by atoms with E-state index in [1.54, 1.807) is 42.7 Å². The third-order valence-electron chi connectivity index (χ3n) is 4.05. The first-order chi connectivity index (χ1) is 13.9. The lowest BCUT2D eigenvalue weighted by molar-refractivity contribution is -0.119. The number of halogens is 2. The third kappa shape index (κ3) is 5.10. The van der Waals surface area contributed by atoms with Crippen molar-refractivity contribution in [1.29, 1.82) is 0 Å². The van der Waals surface area contributed by atoms with E-state index in [2.05, 4.69) is 10.3 Å². The van der Waals surface area contributed by atoms with Gasteiger partial charge in [0, 0.05) is 18.9 Å². The van der Waals surface area contributed by atoms with Gasteiger partial charge in [-0.2, -0.15) is 0 Å². The van der Waals surface area contributed by atoms with Crippen LogP contribution in [0.1, 0.15) is 5.56 Å². The van der Waals surface area contributed by atoms with E-state index in [0.29, 0.717) is 0 Å². The lowest BCUT2D eigenvalue weighted by atomic mass is 10.2. The summed E-state index contributed by atoms with van der Waals surface area (Å²) in [4.78, 5) is 16.4. The zero-order valence-electron chi connectivity index (χ0n) is 15.1. The topological polar surface area (TPSA) is 79.4 Å². The quantitative estimate of drug-likeness (QED) is 0.619. The number of sulfonamides is 1. The molecule has 0 unspecified atom stereocenters. The Balaban J connectivity index is 1.88. The smallest absolute Gasteiger partial charge is 0.264 e. The van der Waals surface area contributed by atoms with Crippen LogP contribution in [0.5, 0.6) is 0 Å². The molecule has 1 aromatic heterocycles. The number of rotatable bonds is 7. The molecule has 0 atom stereocenters. The van der Waals surface area contributed by atoms with E-state index in [1.807, 2.05) is 0 Å². The van der Waals surface area contributed by atoms with Crippen molar-refractivity contribution in [2.75, 3.05) is 10.8 Å². The first-order valence-electron chi connectivity index (χ1n) is 8.56. The van der Waals surface area contributed by atoms with E-state index in [4.69, 9.17) is 11.6 Å². The van der Waals surface area contributed by atoms with E-state index in [1.165, 1.54) is 24.3 Å². The number of anilines is 1. The summed E-state index contributed by atoms with van der Waals surface area (Å²) in [6.07, 6.45) is 3.18. The summed E-state index contributed by atoms with van der Waals surface area (Å²) >= 11 is 5.83. The van der Waals surface area contributed by atoms with Gasteiger partial charge in [0.1, 0.15) is 12.4 Å². The van der Waals surface area contributed by atoms with Crippen LogP contribution < -0.4 is 9.62 Å². The van der Waals surface area contributed by atoms with Crippen LogP contribution in [-0.2, 0) is 21.4 Å². The number of nitrogens with zero attached hydrogens (tertiary/aromatic N) is 2. The minimum atomic E-state index is -4.08. The highest BCUT2D eigenvalue weighted by Crippen LogP contribution is 2.27. The fourth-order valence-corrected chi connectivity index (χ4v) is 4.17. The van der Waals surface area contributed by atoms with Crippen LogP contribution in [0.3, 0.4) is 0 Å². The van der Waals surface area contributed by atoms with Crippen molar-refractivity contribution in [2.24, 2.45) is 0 Å². The van der Waals surface area contributed by atoms with Crippen LogP contribution in [-0.4, -0.2) is 25.9 Å². The van der Waals surface area contributed by atoms with Crippen molar-refractivity contribution in [3.05, 3.63) is 89.5 Å². The summed E-state index contributed by atoms with van der Waals surface area (Å²) in [6.45, 7) is -0.283. The molecule has 150 valence electrons. The molecule has 0 aliphatic rings. The summed E-state index contributed by atoms with van der Waals surface area (Å²) in [5.41, 5.74) is 0.898. The Morgan fingerprint density at radius 2 is 1.76 bits per heavy atom. The van der Waals surface area contributed by atoms with Crippen LogP contribution in [0.15, 0.2) is 78.0 Å². The Kier molecular flexibility index (Phi) is 6.46. The van der Waals surface area contributed by atoms with Gasteiger partial charge in [-0.1, -0.05) is 29.8 Å². The van der Waals surface area contributed by atoms with E-state index >= 15 is 0 Å². The van der Waals surface area contributed by atoms with Gasteiger partial charge in [-0.15, -0.1) is 0 Å². The summed E-state index contributed by atoms with van der Waals surface area (Å²) in [5.74, 6) is -1.21. The van der Waals surface area contributed by atoms with Gasteiger partial charge in [0.25, 0.3) is 10.0 Å². The van der Waals surface area contributed by atoms with Crippen molar-refractivity contribution in [2.45, 2.75) is 11.4 Å². The van der Waals surface area contributed by atoms with Crippen LogP contribution in [0, 0.1) is 5.82 Å². The van der Waals surface area contributed by atoms with Gasteiger partial charge >= 0.3 is 0 Å². The molecule has 3 rings (SSSR count). The number of benzene rings is 2. The summed E-state index contributed by atoms with van der Waals surface area (Å²) < 4.78 is 40.7. The largest absolute Gasteiger partial charge is 0.350 e. The van der Waals surface area contributed by atoms with Crippen molar-refractivity contribution >= 4 is 33.2 Å². The average molecular weight is 434 g/mol. The molecule has 0 aliphatic heterocycles. The van der Waals surface area contributed by atoms with Gasteiger partial charge in [0.2, 0.25) is 5.91 Å². The zero-order valence-corrected chi connectivity index (χ0v) is 16.7. The van der Waals surface area contributed by atoms with Gasteiger partial charge < -0.3 is 5.32 Å². The number of carbonyl (C=O) groups is 1. The molecule has 9 heteroatoms. The van der Waals surface area contributed by atoms with Crippen molar-refractivity contribution in [1.82, 2.24) is 10.3 Å². The van der Waals surface area contributed by atoms with Crippen molar-refractivity contribution in [3.63, 3.8) is 0 Å². The monoisotopic (exact) mass is 433 g/mol. The first-order valence-corrected chi connectivity index (χ1v) is 10.4. The van der Waals surface area contributed by atoms with Crippen LogP contribution in [0.2, 0.25) is 5.02 Å². The molecule has 29 heavy (non-hydrogen) atoms. The van der Waals surface area contributed by atoms with E-state index in [0.717, 1.165) is 15.9 Å². The molecule has 1 heterocycles. The second-order valence-corrected chi connectivity index (χ2v) is 8.32. The second kappa shape index (κ2) is 9.02. The minimum absolute atomic E-state index is 0.00220. The minimum Gasteiger partial charge on any atom is -0.350 e. The molecule has 0 fully saturated rings. The Morgan fingerprint density at radius 1 is 1.07 bits per heavy atom. The molecule has 0 aliphatic carbocycles. The molecule has 6 nitrogen and oxygen atoms in total. The van der Waals surface area contributed by atoms with Crippen molar-refractivity contribution < 1.29 is 17.6 Å². The highest BCUT2D eigenvalue weighted by molar-refractivity contribution is 7.92. The van der Waals surface area contributed by atoms with Gasteiger partial charge in [0.05, 0.1) is 15.6 Å². The van der Waals surface area contributed by atoms with Gasteiger partial charge in [-0.3, -0.25) is 14.1 Å². The average Bonchev–Trinajstić information content (AvgIpc) is 2.74. The normalized spacial score (nSPS) is 11.1. The molecule has 2 aromatic carbocycles. The SMILES string of the molecule is O=C(CN(c1ccc(F)c(Cl)c1)S(=O)(=O)c1ccccc1)NCc1ccncc1. The van der Waals surface area contributed by atoms with E-state index in [-0.39, 0.29) is 22.2 Å². The van der Waals surface area contributed by atoms with Crippen LogP contribution in [0.4, 0.5) is 10.1 Å². The molecule has 0 saturated carbocycles. The predicted octanol–water partition coefficient (Wildman–Crippen LogP) is 3.39. The van der Waals surface area contributed by atoms with Gasteiger partial charge in [-0.05, 0) is 48.0 Å². The Hall–Kier alpha value is -2.97. The number of pyridine rings is 1. The Morgan fingerprint density at radius 3 is 2.41 bits per heavy atom. The number of nitrogens with one attached hydrogen (secondary N) is 1. The first kappa shape index (κ1) is 20.8. The maximum Gasteiger partial charge on any atom is 0.264 e. The standard InChI is InChI=1S/C20H17ClFN3O3S/c21-18-12-16(6-7-19(18)22)25(29(27,28)17-4-2-1-3-5-17)14-20(26)24-13-15-8-10-23-11-9-15/h1-12H,13-14H2,(H,24,26). The third-order valence-corrected chi connectivity index (χ3v) is 6.13. The van der Waals surface area contributed by atoms with Crippen LogP contribution in [0.25, 0.3) is 0 Å². The Bertz CT molecular complexity index is 1100. The lowest BCUT2D eigenvalue weighted by Crippen LogP contribution is -2.40. The number of hydrogen-bond donors (Lipinski definition) is 1. The van der Waals surface area contributed by atoms with Crippen molar-refractivity contribution in [3.8, 4) is 0 Å². The number of hydrogen-bond acceptors (Lipinski definition) is 4. The molecule has 0 bridgehead atoms. The summed E-state index contributed by atoms with van der Waals surface area (Å²) in [5, 5.41) is 2.43. The zero-order chi connectivity index (χ0) is 20.9. The molecular weight excluding hydrogens is 417 g/mol. The van der Waals surface area contributed by atoms with Gasteiger partial charge in [-0.25, -0.2) is 12.8 Å². The molecule has 1 amide bonds. The number of aromatic nitrogens is 1. The molecule has 0 saturated heterocycles. The lowest BCUT2D eigenvalue weighted by Gasteiger charge is -2.24. The molecular formula is C20H17ClFN3O3S. The fraction of sp³-hybridized carbons (Fsp3) is 0.100. The number of carbonyl (C=O) groups excluding carboxylic acids is 1.